The van der Waals surface area contributed by atoms with Crippen LogP contribution in [0, 0.1) is 0 Å². The lowest BCUT2D eigenvalue weighted by molar-refractivity contribution is -0.111. The number of benzene rings is 2. The van der Waals surface area contributed by atoms with Gasteiger partial charge in [-0.05, 0) is 56.0 Å². The third-order valence-corrected chi connectivity index (χ3v) is 6.57. The number of rotatable bonds is 6. The molecule has 4 aromatic rings. The molecule has 5 nitrogen and oxygen atoms in total. The van der Waals surface area contributed by atoms with Gasteiger partial charge in [0.2, 0.25) is 0 Å². The molecule has 0 saturated heterocycles. The second-order valence-electron chi connectivity index (χ2n) is 9.21. The van der Waals surface area contributed by atoms with Crippen molar-refractivity contribution >= 4 is 22.3 Å². The van der Waals surface area contributed by atoms with Gasteiger partial charge < -0.3 is 5.73 Å². The Balaban J connectivity index is 1.70. The van der Waals surface area contributed by atoms with Gasteiger partial charge in [-0.1, -0.05) is 37.3 Å². The van der Waals surface area contributed by atoms with E-state index in [2.05, 4.69) is 53.3 Å². The van der Waals surface area contributed by atoms with E-state index in [4.69, 9.17) is 10.7 Å². The van der Waals surface area contributed by atoms with E-state index in [9.17, 15) is 4.79 Å². The van der Waals surface area contributed by atoms with Crippen molar-refractivity contribution in [1.29, 1.82) is 0 Å². The van der Waals surface area contributed by atoms with E-state index >= 15 is 0 Å². The molecule has 1 aliphatic carbocycles. The Labute approximate surface area is 199 Å². The van der Waals surface area contributed by atoms with Crippen molar-refractivity contribution in [3.8, 4) is 11.1 Å². The second kappa shape index (κ2) is 8.82. The van der Waals surface area contributed by atoms with E-state index in [0.29, 0.717) is 17.2 Å². The first-order chi connectivity index (χ1) is 16.4. The maximum atomic E-state index is 12.3. The van der Waals surface area contributed by atoms with Crippen molar-refractivity contribution in [3.63, 3.8) is 0 Å². The van der Waals surface area contributed by atoms with Gasteiger partial charge in [-0.15, -0.1) is 0 Å². The fourth-order valence-electron chi connectivity index (χ4n) is 4.55. The number of allylic oxidation sites excluding steroid dienone is 2. The van der Waals surface area contributed by atoms with Gasteiger partial charge in [0.15, 0.2) is 5.78 Å². The van der Waals surface area contributed by atoms with Crippen LogP contribution in [-0.2, 0) is 4.79 Å². The zero-order valence-electron chi connectivity index (χ0n) is 19.7. The number of fused-ring (bicyclic) bond motifs is 1. The lowest BCUT2D eigenvalue weighted by atomic mass is 9.89. The topological polar surface area (TPSA) is 81.8 Å². The van der Waals surface area contributed by atoms with Crippen molar-refractivity contribution in [2.45, 2.75) is 45.4 Å². The number of hydrogen-bond donors (Lipinski definition) is 1. The number of nitrogens with zero attached hydrogens (tertiary/aromatic N) is 3. The number of carbonyl (C=O) groups excluding carboxylic acids is 1. The molecule has 0 spiro atoms. The molecule has 0 aliphatic heterocycles. The maximum Gasteiger partial charge on any atom is 0.162 e. The maximum absolute atomic E-state index is 12.3. The lowest BCUT2D eigenvalue weighted by Crippen LogP contribution is -2.06. The average Bonchev–Trinajstić information content (AvgIpc) is 3.68. The number of pyridine rings is 1. The number of hydrogen-bond acceptors (Lipinski definition) is 5. The fraction of sp³-hybridized carbons (Fsp3) is 0.241. The molecule has 2 aromatic carbocycles. The molecule has 2 aromatic heterocycles. The van der Waals surface area contributed by atoms with Crippen molar-refractivity contribution in [2.75, 3.05) is 0 Å². The van der Waals surface area contributed by atoms with Gasteiger partial charge in [0, 0.05) is 63.8 Å². The first kappa shape index (κ1) is 22.0. The summed E-state index contributed by atoms with van der Waals surface area (Å²) in [5, 5.41) is 0.957. The van der Waals surface area contributed by atoms with E-state index in [1.54, 1.807) is 13.1 Å². The first-order valence-electron chi connectivity index (χ1n) is 11.7. The highest BCUT2D eigenvalue weighted by atomic mass is 16.1. The number of nitrogens with two attached hydrogens (primary N) is 1. The zero-order valence-corrected chi connectivity index (χ0v) is 19.7. The Bertz CT molecular complexity index is 1400. The van der Waals surface area contributed by atoms with Crippen LogP contribution in [0.3, 0.4) is 0 Å². The molecular formula is C29H28N4O. The molecule has 2 heterocycles. The molecule has 5 rings (SSSR count). The molecule has 1 unspecified atom stereocenters. The summed E-state index contributed by atoms with van der Waals surface area (Å²) in [5.41, 5.74) is 13.0. The minimum absolute atomic E-state index is 0.0701. The van der Waals surface area contributed by atoms with Crippen LogP contribution in [0.5, 0.6) is 0 Å². The summed E-state index contributed by atoms with van der Waals surface area (Å²) in [6.45, 7) is 5.49. The van der Waals surface area contributed by atoms with Crippen LogP contribution in [0.2, 0.25) is 0 Å². The summed E-state index contributed by atoms with van der Waals surface area (Å²) in [6.07, 6.45) is 7.89. The summed E-state index contributed by atoms with van der Waals surface area (Å²) >= 11 is 0. The van der Waals surface area contributed by atoms with Gasteiger partial charge in [0.1, 0.15) is 5.82 Å². The third-order valence-electron chi connectivity index (χ3n) is 6.57. The highest BCUT2D eigenvalue weighted by Gasteiger charge is 2.26. The van der Waals surface area contributed by atoms with Crippen LogP contribution in [0.1, 0.15) is 68.0 Å². The highest BCUT2D eigenvalue weighted by Crippen LogP contribution is 2.39. The minimum Gasteiger partial charge on any atom is -0.402 e. The highest BCUT2D eigenvalue weighted by molar-refractivity contribution is 6.20. The average molecular weight is 449 g/mol. The third kappa shape index (κ3) is 4.21. The van der Waals surface area contributed by atoms with Gasteiger partial charge >= 0.3 is 0 Å². The van der Waals surface area contributed by atoms with E-state index in [1.165, 1.54) is 25.3 Å². The van der Waals surface area contributed by atoms with E-state index < -0.39 is 0 Å². The normalized spacial score (nSPS) is 15.1. The standard InChI is InChI=1S/C29H28N4O/c1-17(20-7-5-4-6-8-20)22-11-23-12-24(27(18(2)30)19(3)34)14-31-28(23)26(13-22)25-15-32-29(33-16-25)21-9-10-21/h4-8,11-17,21H,9-10,30H2,1-3H3. The van der Waals surface area contributed by atoms with Gasteiger partial charge in [0.25, 0.3) is 0 Å². The molecule has 34 heavy (non-hydrogen) atoms. The Morgan fingerprint density at radius 2 is 1.65 bits per heavy atom. The molecule has 1 saturated carbocycles. The minimum atomic E-state index is -0.0701. The summed E-state index contributed by atoms with van der Waals surface area (Å²) in [7, 11) is 0. The van der Waals surface area contributed by atoms with E-state index in [0.717, 1.165) is 39.0 Å². The Kier molecular flexibility index (Phi) is 5.70. The molecule has 0 amide bonds. The van der Waals surface area contributed by atoms with E-state index in [1.807, 2.05) is 24.5 Å². The van der Waals surface area contributed by atoms with Crippen molar-refractivity contribution in [3.05, 3.63) is 95.3 Å². The number of aromatic nitrogens is 3. The smallest absolute Gasteiger partial charge is 0.162 e. The SMILES string of the molecule is CC(=O)C(=C(C)N)c1cnc2c(-c3cnc(C4CC4)nc3)cc(C(C)c3ccccc3)cc2c1. The molecule has 2 N–H and O–H groups in total. The predicted octanol–water partition coefficient (Wildman–Crippen LogP) is 6.00. The van der Waals surface area contributed by atoms with Crippen LogP contribution < -0.4 is 5.73 Å². The zero-order chi connectivity index (χ0) is 23.8. The van der Waals surface area contributed by atoms with Crippen molar-refractivity contribution in [2.24, 2.45) is 5.73 Å². The summed E-state index contributed by atoms with van der Waals surface area (Å²) in [5.74, 6) is 1.54. The predicted molar refractivity (Wildman–Crippen MR) is 136 cm³/mol. The summed E-state index contributed by atoms with van der Waals surface area (Å²) in [6, 6.07) is 16.8. The summed E-state index contributed by atoms with van der Waals surface area (Å²) < 4.78 is 0. The molecule has 170 valence electrons. The van der Waals surface area contributed by atoms with Gasteiger partial charge in [-0.2, -0.15) is 0 Å². The first-order valence-corrected chi connectivity index (χ1v) is 11.7. The number of ketones is 1. The Hall–Kier alpha value is -3.86. The number of Topliss-reactive ketones (excluding diaryl/α,β-unsaturated/α-hetero) is 1. The molecule has 1 atom stereocenters. The molecule has 0 radical (unpaired) electrons. The Morgan fingerprint density at radius 1 is 0.941 bits per heavy atom. The van der Waals surface area contributed by atoms with Crippen LogP contribution in [0.15, 0.2) is 72.8 Å². The van der Waals surface area contributed by atoms with Gasteiger partial charge in [-0.25, -0.2) is 9.97 Å². The fourth-order valence-corrected chi connectivity index (χ4v) is 4.55. The molecule has 0 bridgehead atoms. The van der Waals surface area contributed by atoms with Crippen LogP contribution in [0.4, 0.5) is 0 Å². The second-order valence-corrected chi connectivity index (χ2v) is 9.21. The van der Waals surface area contributed by atoms with Crippen molar-refractivity contribution in [1.82, 2.24) is 15.0 Å². The monoisotopic (exact) mass is 448 g/mol. The van der Waals surface area contributed by atoms with Crippen LogP contribution >= 0.6 is 0 Å². The van der Waals surface area contributed by atoms with E-state index in [-0.39, 0.29) is 11.7 Å². The summed E-state index contributed by atoms with van der Waals surface area (Å²) in [4.78, 5) is 26.4. The Morgan fingerprint density at radius 3 is 2.26 bits per heavy atom. The lowest BCUT2D eigenvalue weighted by Gasteiger charge is -2.17. The van der Waals surface area contributed by atoms with Gasteiger partial charge in [-0.3, -0.25) is 9.78 Å². The van der Waals surface area contributed by atoms with Crippen LogP contribution in [0.25, 0.3) is 27.6 Å². The molecular weight excluding hydrogens is 420 g/mol. The largest absolute Gasteiger partial charge is 0.402 e. The number of carbonyl (C=O) groups is 1. The van der Waals surface area contributed by atoms with Gasteiger partial charge in [0.05, 0.1) is 5.52 Å². The molecule has 5 heteroatoms. The van der Waals surface area contributed by atoms with Crippen molar-refractivity contribution < 1.29 is 4.79 Å². The quantitative estimate of drug-likeness (QED) is 0.366. The van der Waals surface area contributed by atoms with Crippen LogP contribution in [-0.4, -0.2) is 20.7 Å². The molecule has 1 fully saturated rings. The molecule has 1 aliphatic rings.